The average Bonchev–Trinajstić information content (AvgIpc) is 2.88. The van der Waals surface area contributed by atoms with Crippen LogP contribution in [0.4, 0.5) is 5.69 Å². The first-order valence-electron chi connectivity index (χ1n) is 11.3. The van der Waals surface area contributed by atoms with E-state index in [0.717, 1.165) is 21.7 Å². The summed E-state index contributed by atoms with van der Waals surface area (Å²) < 4.78 is 10.9. The number of fused-ring (bicyclic) bond motifs is 2. The number of carbonyl (C=O) groups is 1. The first-order valence-corrected chi connectivity index (χ1v) is 11.7. The van der Waals surface area contributed by atoms with Crippen LogP contribution in [0.3, 0.4) is 0 Å². The quantitative estimate of drug-likeness (QED) is 0.234. The van der Waals surface area contributed by atoms with Crippen LogP contribution in [0.25, 0.3) is 32.9 Å². The van der Waals surface area contributed by atoms with E-state index in [4.69, 9.17) is 21.4 Å². The van der Waals surface area contributed by atoms with Crippen LogP contribution in [-0.4, -0.2) is 18.1 Å². The van der Waals surface area contributed by atoms with Crippen molar-refractivity contribution in [2.45, 2.75) is 6.92 Å². The zero-order valence-electron chi connectivity index (χ0n) is 19.6. The molecule has 0 aliphatic heterocycles. The third-order valence-electron chi connectivity index (χ3n) is 5.98. The van der Waals surface area contributed by atoms with Crippen LogP contribution in [0.1, 0.15) is 15.9 Å². The zero-order valence-corrected chi connectivity index (χ0v) is 20.4. The summed E-state index contributed by atoms with van der Waals surface area (Å²) in [4.78, 5) is 25.7. The van der Waals surface area contributed by atoms with E-state index in [0.29, 0.717) is 33.7 Å². The van der Waals surface area contributed by atoms with Gasteiger partial charge in [-0.1, -0.05) is 54.6 Å². The number of benzene rings is 4. The lowest BCUT2D eigenvalue weighted by molar-refractivity contribution is 0.0975. The summed E-state index contributed by atoms with van der Waals surface area (Å²) in [5, 5.41) is 8.65. The minimum Gasteiger partial charge on any atom is -0.496 e. The highest BCUT2D eigenvalue weighted by atomic mass is 32.1. The first-order chi connectivity index (χ1) is 17.4. The fourth-order valence-electron chi connectivity index (χ4n) is 4.08. The standard InChI is InChI=1S/C29H22N2O4S/c1-17-11-12-20(22-14-21-9-5-6-10-25(21)35-28(22)33)15-24(17)30-29(36)31-27(32)23-13-18-7-3-4-8-19(18)16-26(23)34-2/h3-16H,1-2H3,(H2,30,31,32,36). The Morgan fingerprint density at radius 3 is 2.33 bits per heavy atom. The highest BCUT2D eigenvalue weighted by Gasteiger charge is 2.16. The molecule has 0 fully saturated rings. The number of hydrogen-bond donors (Lipinski definition) is 2. The number of amides is 1. The molecule has 7 heteroatoms. The number of carbonyl (C=O) groups excluding carboxylic acids is 1. The Kier molecular flexibility index (Phi) is 6.23. The molecule has 2 N–H and O–H groups in total. The van der Waals surface area contributed by atoms with Crippen molar-refractivity contribution in [2.75, 3.05) is 12.4 Å². The van der Waals surface area contributed by atoms with Gasteiger partial charge in [0.05, 0.1) is 18.2 Å². The lowest BCUT2D eigenvalue weighted by Gasteiger charge is -2.15. The molecule has 0 saturated carbocycles. The molecule has 5 aromatic rings. The number of thiocarbonyl (C=S) groups is 1. The molecule has 0 spiro atoms. The summed E-state index contributed by atoms with van der Waals surface area (Å²) in [6, 6.07) is 26.0. The van der Waals surface area contributed by atoms with Gasteiger partial charge < -0.3 is 14.5 Å². The number of rotatable bonds is 4. The van der Waals surface area contributed by atoms with Gasteiger partial charge in [-0.05, 0) is 71.4 Å². The van der Waals surface area contributed by atoms with E-state index in [9.17, 15) is 9.59 Å². The van der Waals surface area contributed by atoms with Crippen molar-refractivity contribution in [1.82, 2.24) is 5.32 Å². The van der Waals surface area contributed by atoms with E-state index in [1.807, 2.05) is 79.7 Å². The topological polar surface area (TPSA) is 80.6 Å². The van der Waals surface area contributed by atoms with Crippen molar-refractivity contribution < 1.29 is 13.9 Å². The number of hydrogen-bond acceptors (Lipinski definition) is 5. The van der Waals surface area contributed by atoms with Crippen molar-refractivity contribution in [3.8, 4) is 16.9 Å². The summed E-state index contributed by atoms with van der Waals surface area (Å²) >= 11 is 5.43. The maximum Gasteiger partial charge on any atom is 0.344 e. The van der Waals surface area contributed by atoms with Crippen LogP contribution < -0.4 is 21.0 Å². The molecule has 1 amide bonds. The molecule has 5 rings (SSSR count). The Morgan fingerprint density at radius 2 is 1.58 bits per heavy atom. The summed E-state index contributed by atoms with van der Waals surface area (Å²) in [5.41, 5.74) is 3.15. The van der Waals surface area contributed by atoms with Crippen molar-refractivity contribution in [3.63, 3.8) is 0 Å². The van der Waals surface area contributed by atoms with Crippen LogP contribution >= 0.6 is 12.2 Å². The first kappa shape index (κ1) is 23.3. The molecule has 178 valence electrons. The average molecular weight is 495 g/mol. The highest BCUT2D eigenvalue weighted by Crippen LogP contribution is 2.27. The van der Waals surface area contributed by atoms with E-state index < -0.39 is 5.63 Å². The second-order valence-corrected chi connectivity index (χ2v) is 8.73. The smallest absolute Gasteiger partial charge is 0.344 e. The van der Waals surface area contributed by atoms with Gasteiger partial charge in [-0.25, -0.2) is 4.79 Å². The van der Waals surface area contributed by atoms with E-state index in [1.54, 1.807) is 12.1 Å². The molecule has 0 bridgehead atoms. The Labute approximate surface area is 212 Å². The summed E-state index contributed by atoms with van der Waals surface area (Å²) in [6.45, 7) is 1.91. The number of nitrogens with one attached hydrogen (secondary N) is 2. The van der Waals surface area contributed by atoms with Crippen molar-refractivity contribution in [1.29, 1.82) is 0 Å². The predicted octanol–water partition coefficient (Wildman–Crippen LogP) is 6.06. The molecule has 6 nitrogen and oxygen atoms in total. The van der Waals surface area contributed by atoms with Gasteiger partial charge in [-0.3, -0.25) is 10.1 Å². The minimum absolute atomic E-state index is 0.126. The molecule has 0 unspecified atom stereocenters. The fraction of sp³-hybridized carbons (Fsp3) is 0.0690. The number of para-hydroxylation sites is 1. The second-order valence-electron chi connectivity index (χ2n) is 8.32. The molecule has 0 radical (unpaired) electrons. The summed E-state index contributed by atoms with van der Waals surface area (Å²) in [6.07, 6.45) is 0. The number of aryl methyl sites for hydroxylation is 1. The third-order valence-corrected chi connectivity index (χ3v) is 6.18. The Hall–Kier alpha value is -4.49. The molecular formula is C29H22N2O4S. The maximum atomic E-state index is 13.0. The number of ether oxygens (including phenoxy) is 1. The Morgan fingerprint density at radius 1 is 0.889 bits per heavy atom. The Bertz CT molecular complexity index is 1710. The fourth-order valence-corrected chi connectivity index (χ4v) is 4.28. The normalized spacial score (nSPS) is 10.8. The molecular weight excluding hydrogens is 472 g/mol. The third kappa shape index (κ3) is 4.56. The van der Waals surface area contributed by atoms with Gasteiger partial charge in [0.25, 0.3) is 5.91 Å². The van der Waals surface area contributed by atoms with Gasteiger partial charge in [0.15, 0.2) is 5.11 Å². The van der Waals surface area contributed by atoms with Gasteiger partial charge in [-0.2, -0.15) is 0 Å². The molecule has 36 heavy (non-hydrogen) atoms. The van der Waals surface area contributed by atoms with Gasteiger partial charge in [0.1, 0.15) is 11.3 Å². The second kappa shape index (κ2) is 9.64. The predicted molar refractivity (Wildman–Crippen MR) is 147 cm³/mol. The van der Waals surface area contributed by atoms with Gasteiger partial charge >= 0.3 is 5.63 Å². The number of anilines is 1. The molecule has 1 heterocycles. The summed E-state index contributed by atoms with van der Waals surface area (Å²) in [7, 11) is 1.52. The van der Waals surface area contributed by atoms with Crippen molar-refractivity contribution in [3.05, 3.63) is 106 Å². The zero-order chi connectivity index (χ0) is 25.2. The molecule has 4 aromatic carbocycles. The van der Waals surface area contributed by atoms with E-state index in [1.165, 1.54) is 7.11 Å². The van der Waals surface area contributed by atoms with E-state index in [-0.39, 0.29) is 11.0 Å². The largest absolute Gasteiger partial charge is 0.496 e. The molecule has 0 saturated heterocycles. The van der Waals surface area contributed by atoms with Gasteiger partial charge in [-0.15, -0.1) is 0 Å². The lowest BCUT2D eigenvalue weighted by atomic mass is 10.0. The molecule has 0 aliphatic carbocycles. The van der Waals surface area contributed by atoms with Crippen LogP contribution in [0.5, 0.6) is 5.75 Å². The van der Waals surface area contributed by atoms with Gasteiger partial charge in [0.2, 0.25) is 0 Å². The summed E-state index contributed by atoms with van der Waals surface area (Å²) in [5.74, 6) is 0.0642. The maximum absolute atomic E-state index is 13.0. The SMILES string of the molecule is COc1cc2ccccc2cc1C(=O)NC(=S)Nc1cc(-c2cc3ccccc3oc2=O)ccc1C. The van der Waals surface area contributed by atoms with Crippen LogP contribution in [0.15, 0.2) is 94.1 Å². The molecule has 1 aromatic heterocycles. The van der Waals surface area contributed by atoms with Crippen LogP contribution in [0.2, 0.25) is 0 Å². The Balaban J connectivity index is 1.40. The monoisotopic (exact) mass is 494 g/mol. The van der Waals surface area contributed by atoms with E-state index in [2.05, 4.69) is 10.6 Å². The molecule has 0 atom stereocenters. The highest BCUT2D eigenvalue weighted by molar-refractivity contribution is 7.80. The van der Waals surface area contributed by atoms with Gasteiger partial charge in [0, 0.05) is 11.1 Å². The van der Waals surface area contributed by atoms with Crippen LogP contribution in [-0.2, 0) is 0 Å². The van der Waals surface area contributed by atoms with Crippen LogP contribution in [0, 0.1) is 6.92 Å². The molecule has 0 aliphatic rings. The van der Waals surface area contributed by atoms with Crippen molar-refractivity contribution >= 4 is 50.7 Å². The van der Waals surface area contributed by atoms with Crippen molar-refractivity contribution in [2.24, 2.45) is 0 Å². The number of methoxy groups -OCH3 is 1. The minimum atomic E-state index is -0.428. The lowest BCUT2D eigenvalue weighted by Crippen LogP contribution is -2.34. The van der Waals surface area contributed by atoms with E-state index >= 15 is 0 Å².